The summed E-state index contributed by atoms with van der Waals surface area (Å²) in [6.45, 7) is 3.54. The quantitative estimate of drug-likeness (QED) is 0.525. The van der Waals surface area contributed by atoms with Crippen LogP contribution in [0.2, 0.25) is 0 Å². The van der Waals surface area contributed by atoms with Crippen molar-refractivity contribution in [1.82, 2.24) is 0 Å². The third kappa shape index (κ3) is 2.12. The molecule has 0 amide bonds. The summed E-state index contributed by atoms with van der Waals surface area (Å²) in [5.41, 5.74) is 0.178. The second-order valence-electron chi connectivity index (χ2n) is 2.28. The van der Waals surface area contributed by atoms with Gasteiger partial charge in [0.1, 0.15) is 17.7 Å². The Kier molecular flexibility index (Phi) is 3.43. The number of allylic oxidation sites excluding steroid dienone is 2. The Morgan fingerprint density at radius 3 is 1.55 bits per heavy atom. The van der Waals surface area contributed by atoms with Gasteiger partial charge >= 0.3 is 0 Å². The summed E-state index contributed by atoms with van der Waals surface area (Å²) in [7, 11) is 0. The Hall–Kier alpha value is -1.79. The van der Waals surface area contributed by atoms with Gasteiger partial charge in [-0.25, -0.2) is 0 Å². The lowest BCUT2D eigenvalue weighted by atomic mass is 10.00. The van der Waals surface area contributed by atoms with Gasteiger partial charge in [-0.2, -0.15) is 15.8 Å². The predicted octanol–water partition coefficient (Wildman–Crippen LogP) is 1.51. The third-order valence-electron chi connectivity index (χ3n) is 1.19. The van der Waals surface area contributed by atoms with Gasteiger partial charge in [0.15, 0.2) is 0 Å². The minimum Gasteiger partial charge on any atom is -0.193 e. The first-order valence-corrected chi connectivity index (χ1v) is 3.11. The first-order valence-electron chi connectivity index (χ1n) is 3.11. The lowest BCUT2D eigenvalue weighted by molar-refractivity contribution is 0.791. The molecule has 0 aromatic heterocycles. The number of hydrogen-bond acceptors (Lipinski definition) is 3. The van der Waals surface area contributed by atoms with Crippen LogP contribution in [0.15, 0.2) is 11.1 Å². The van der Waals surface area contributed by atoms with Crippen LogP contribution in [0, 0.1) is 39.9 Å². The van der Waals surface area contributed by atoms with Crippen molar-refractivity contribution in [3.05, 3.63) is 11.1 Å². The first kappa shape index (κ1) is 9.21. The lowest BCUT2D eigenvalue weighted by Gasteiger charge is -1.99. The van der Waals surface area contributed by atoms with Gasteiger partial charge in [-0.3, -0.25) is 0 Å². The van der Waals surface area contributed by atoms with E-state index in [0.29, 0.717) is 0 Å². The highest BCUT2D eigenvalue weighted by Gasteiger charge is 2.08. The van der Waals surface area contributed by atoms with Crippen LogP contribution in [-0.2, 0) is 0 Å². The van der Waals surface area contributed by atoms with Crippen LogP contribution in [0.5, 0.6) is 0 Å². The summed E-state index contributed by atoms with van der Waals surface area (Å²) in [4.78, 5) is 0. The molecule has 0 bridgehead atoms. The second-order valence-corrected chi connectivity index (χ2v) is 2.28. The van der Waals surface area contributed by atoms with Gasteiger partial charge in [-0.15, -0.1) is 0 Å². The molecule has 0 radical (unpaired) electrons. The highest BCUT2D eigenvalue weighted by molar-refractivity contribution is 5.46. The fourth-order valence-electron chi connectivity index (χ4n) is 0.619. The smallest absolute Gasteiger partial charge is 0.143 e. The molecule has 11 heavy (non-hydrogen) atoms. The van der Waals surface area contributed by atoms with Crippen LogP contribution in [0.1, 0.15) is 13.8 Å². The van der Waals surface area contributed by atoms with E-state index in [1.165, 1.54) is 0 Å². The standard InChI is InChI=1S/C8H7N3/c1-6(2)8(5-11)7(3-9)4-10/h6H,1-2H3. The topological polar surface area (TPSA) is 71.4 Å². The molecule has 3 nitrogen and oxygen atoms in total. The average molecular weight is 145 g/mol. The van der Waals surface area contributed by atoms with E-state index >= 15 is 0 Å². The van der Waals surface area contributed by atoms with Gasteiger partial charge in [0.05, 0.1) is 11.6 Å². The Bertz CT molecular complexity index is 275. The molecule has 0 atom stereocenters. The van der Waals surface area contributed by atoms with Crippen LogP contribution in [0.4, 0.5) is 0 Å². The molecule has 0 aromatic carbocycles. The largest absolute Gasteiger partial charge is 0.193 e. The van der Waals surface area contributed by atoms with Crippen molar-refractivity contribution in [2.45, 2.75) is 13.8 Å². The molecule has 0 aliphatic heterocycles. The molecule has 0 aliphatic carbocycles. The van der Waals surface area contributed by atoms with E-state index in [4.69, 9.17) is 15.8 Å². The van der Waals surface area contributed by atoms with Crippen LogP contribution >= 0.6 is 0 Å². The number of hydrogen-bond donors (Lipinski definition) is 0. The molecule has 0 fully saturated rings. The summed E-state index contributed by atoms with van der Waals surface area (Å²) in [5, 5.41) is 25.3. The molecule has 0 aromatic rings. The van der Waals surface area contributed by atoms with Crippen LogP contribution in [0.25, 0.3) is 0 Å². The van der Waals surface area contributed by atoms with Crippen molar-refractivity contribution in [1.29, 1.82) is 15.8 Å². The molecule has 0 N–H and O–H groups in total. The van der Waals surface area contributed by atoms with E-state index in [2.05, 4.69) is 0 Å². The van der Waals surface area contributed by atoms with E-state index in [9.17, 15) is 0 Å². The maximum atomic E-state index is 8.52. The van der Waals surface area contributed by atoms with Crippen LogP contribution in [-0.4, -0.2) is 0 Å². The Morgan fingerprint density at radius 1 is 1.00 bits per heavy atom. The average Bonchev–Trinajstić information content (AvgIpc) is 1.99. The molecule has 0 aliphatic rings. The Morgan fingerprint density at radius 2 is 1.45 bits per heavy atom. The summed E-state index contributed by atoms with van der Waals surface area (Å²) in [6.07, 6.45) is 0. The van der Waals surface area contributed by atoms with E-state index in [1.807, 2.05) is 6.07 Å². The van der Waals surface area contributed by atoms with Gasteiger partial charge in [-0.05, 0) is 5.92 Å². The number of nitriles is 3. The monoisotopic (exact) mass is 145 g/mol. The maximum absolute atomic E-state index is 8.52. The normalized spacial score (nSPS) is 7.64. The van der Waals surface area contributed by atoms with E-state index < -0.39 is 0 Å². The molecule has 0 rings (SSSR count). The molecule has 0 saturated heterocycles. The summed E-state index contributed by atoms with van der Waals surface area (Å²) < 4.78 is 0. The Labute approximate surface area is 65.8 Å². The molecule has 0 saturated carbocycles. The van der Waals surface area contributed by atoms with Crippen molar-refractivity contribution >= 4 is 0 Å². The SMILES string of the molecule is CC(C)C(C#N)=C(C#N)C#N. The van der Waals surface area contributed by atoms with Crippen molar-refractivity contribution in [3.8, 4) is 18.2 Å². The second kappa shape index (κ2) is 4.09. The Balaban J connectivity index is 5.08. The minimum atomic E-state index is -0.0810. The third-order valence-corrected chi connectivity index (χ3v) is 1.19. The molecular formula is C8H7N3. The molecule has 3 heteroatoms. The predicted molar refractivity (Wildman–Crippen MR) is 38.7 cm³/mol. The van der Waals surface area contributed by atoms with Crippen molar-refractivity contribution in [2.75, 3.05) is 0 Å². The lowest BCUT2D eigenvalue weighted by Crippen LogP contribution is -1.94. The summed E-state index contributed by atoms with van der Waals surface area (Å²) in [6, 6.07) is 5.20. The van der Waals surface area contributed by atoms with Crippen molar-refractivity contribution in [2.24, 2.45) is 5.92 Å². The molecule has 0 heterocycles. The van der Waals surface area contributed by atoms with E-state index in [1.54, 1.807) is 26.0 Å². The zero-order valence-electron chi connectivity index (χ0n) is 6.42. The fourth-order valence-corrected chi connectivity index (χ4v) is 0.619. The maximum Gasteiger partial charge on any atom is 0.143 e. The summed E-state index contributed by atoms with van der Waals surface area (Å²) >= 11 is 0. The number of nitrogens with zero attached hydrogens (tertiary/aromatic N) is 3. The zero-order valence-corrected chi connectivity index (χ0v) is 6.42. The van der Waals surface area contributed by atoms with Crippen LogP contribution in [0.3, 0.4) is 0 Å². The van der Waals surface area contributed by atoms with Crippen molar-refractivity contribution < 1.29 is 0 Å². The fraction of sp³-hybridized carbons (Fsp3) is 0.375. The minimum absolute atomic E-state index is 0.0608. The van der Waals surface area contributed by atoms with E-state index in [0.717, 1.165) is 0 Å². The first-order chi connectivity index (χ1) is 5.17. The molecule has 0 spiro atoms. The van der Waals surface area contributed by atoms with E-state index in [-0.39, 0.29) is 17.1 Å². The molecular weight excluding hydrogens is 138 g/mol. The van der Waals surface area contributed by atoms with Crippen LogP contribution < -0.4 is 0 Å². The zero-order chi connectivity index (χ0) is 8.85. The molecule has 0 unspecified atom stereocenters. The highest BCUT2D eigenvalue weighted by Crippen LogP contribution is 2.12. The van der Waals surface area contributed by atoms with Gasteiger partial charge in [0.2, 0.25) is 0 Å². The van der Waals surface area contributed by atoms with Crippen molar-refractivity contribution in [3.63, 3.8) is 0 Å². The van der Waals surface area contributed by atoms with Gasteiger partial charge in [-0.1, -0.05) is 13.8 Å². The van der Waals surface area contributed by atoms with Gasteiger partial charge in [0.25, 0.3) is 0 Å². The highest BCUT2D eigenvalue weighted by atomic mass is 14.3. The van der Waals surface area contributed by atoms with Gasteiger partial charge in [0, 0.05) is 0 Å². The molecule has 54 valence electrons. The summed E-state index contributed by atoms with van der Waals surface area (Å²) in [5.74, 6) is -0.0608. The van der Waals surface area contributed by atoms with Gasteiger partial charge < -0.3 is 0 Å². The number of rotatable bonds is 1.